The molecule has 0 unspecified atom stereocenters. The highest BCUT2D eigenvalue weighted by Crippen LogP contribution is 2.18. The van der Waals surface area contributed by atoms with Crippen LogP contribution in [0.15, 0.2) is 22.7 Å². The summed E-state index contributed by atoms with van der Waals surface area (Å²) in [6.45, 7) is 1.89. The zero-order valence-electron chi connectivity index (χ0n) is 10.7. The van der Waals surface area contributed by atoms with Gasteiger partial charge in [-0.05, 0) is 40.5 Å². The minimum absolute atomic E-state index is 0.144. The van der Waals surface area contributed by atoms with E-state index >= 15 is 0 Å². The average Bonchev–Trinajstić information content (AvgIpc) is 2.40. The lowest BCUT2D eigenvalue weighted by molar-refractivity contribution is -0.143. The highest BCUT2D eigenvalue weighted by Gasteiger charge is 2.22. The lowest BCUT2D eigenvalue weighted by atomic mass is 10.1. The zero-order chi connectivity index (χ0) is 14.4. The summed E-state index contributed by atoms with van der Waals surface area (Å²) >= 11 is 3.17. The van der Waals surface area contributed by atoms with Gasteiger partial charge in [0, 0.05) is 4.47 Å². The highest BCUT2D eigenvalue weighted by atomic mass is 79.9. The van der Waals surface area contributed by atoms with E-state index in [1.807, 2.05) is 6.92 Å². The van der Waals surface area contributed by atoms with Gasteiger partial charge in [-0.25, -0.2) is 9.18 Å². The van der Waals surface area contributed by atoms with Crippen LogP contribution in [-0.2, 0) is 9.53 Å². The molecular formula is C13H15BrFNO3. The SMILES string of the molecule is CCC[C@H](NC(=O)c1cc(F)ccc1Br)C(=O)OC. The predicted octanol–water partition coefficient (Wildman–Crippen LogP) is 2.66. The van der Waals surface area contributed by atoms with Gasteiger partial charge < -0.3 is 10.1 Å². The van der Waals surface area contributed by atoms with Crippen LogP contribution in [0.25, 0.3) is 0 Å². The zero-order valence-corrected chi connectivity index (χ0v) is 12.3. The van der Waals surface area contributed by atoms with Crippen molar-refractivity contribution in [2.24, 2.45) is 0 Å². The summed E-state index contributed by atoms with van der Waals surface area (Å²) < 4.78 is 18.2. The maximum absolute atomic E-state index is 13.1. The largest absolute Gasteiger partial charge is 0.467 e. The van der Waals surface area contributed by atoms with E-state index in [4.69, 9.17) is 0 Å². The third kappa shape index (κ3) is 4.31. The summed E-state index contributed by atoms with van der Waals surface area (Å²) in [6, 6.07) is 3.07. The van der Waals surface area contributed by atoms with Gasteiger partial charge in [0.25, 0.3) is 5.91 Å². The number of carbonyl (C=O) groups is 2. The van der Waals surface area contributed by atoms with E-state index in [1.54, 1.807) is 0 Å². The second-order valence-electron chi connectivity index (χ2n) is 3.96. The van der Waals surface area contributed by atoms with E-state index in [2.05, 4.69) is 26.0 Å². The molecule has 0 aliphatic heterocycles. The van der Waals surface area contributed by atoms with Crippen LogP contribution >= 0.6 is 15.9 Å². The van der Waals surface area contributed by atoms with Crippen molar-refractivity contribution < 1.29 is 18.7 Å². The van der Waals surface area contributed by atoms with Crippen LogP contribution < -0.4 is 5.32 Å². The molecule has 1 atom stereocenters. The Labute approximate surface area is 119 Å². The van der Waals surface area contributed by atoms with Crippen LogP contribution in [-0.4, -0.2) is 25.0 Å². The third-order valence-corrected chi connectivity index (χ3v) is 3.23. The summed E-state index contributed by atoms with van der Waals surface area (Å²) in [4.78, 5) is 23.5. The molecule has 0 aliphatic carbocycles. The molecule has 1 N–H and O–H groups in total. The van der Waals surface area contributed by atoms with Crippen molar-refractivity contribution in [1.29, 1.82) is 0 Å². The van der Waals surface area contributed by atoms with Crippen molar-refractivity contribution in [3.8, 4) is 0 Å². The molecule has 104 valence electrons. The molecule has 0 saturated heterocycles. The molecule has 6 heteroatoms. The van der Waals surface area contributed by atoms with Gasteiger partial charge in [0.1, 0.15) is 11.9 Å². The molecule has 0 heterocycles. The number of esters is 1. The van der Waals surface area contributed by atoms with Crippen LogP contribution in [0.1, 0.15) is 30.1 Å². The Hall–Kier alpha value is -1.43. The molecule has 0 aromatic heterocycles. The van der Waals surface area contributed by atoms with Crippen LogP contribution in [0, 0.1) is 5.82 Å². The summed E-state index contributed by atoms with van der Waals surface area (Å²) in [5.41, 5.74) is 0.144. The van der Waals surface area contributed by atoms with Crippen molar-refractivity contribution >= 4 is 27.8 Å². The lowest BCUT2D eigenvalue weighted by Crippen LogP contribution is -2.41. The molecule has 1 aromatic carbocycles. The Kier molecular flexibility index (Phi) is 5.95. The number of amides is 1. The van der Waals surface area contributed by atoms with Gasteiger partial charge in [-0.3, -0.25) is 4.79 Å². The predicted molar refractivity (Wildman–Crippen MR) is 72.3 cm³/mol. The Morgan fingerprint density at radius 2 is 2.16 bits per heavy atom. The van der Waals surface area contributed by atoms with Gasteiger partial charge >= 0.3 is 5.97 Å². The molecular weight excluding hydrogens is 317 g/mol. The summed E-state index contributed by atoms with van der Waals surface area (Å²) in [5.74, 6) is -1.54. The maximum atomic E-state index is 13.1. The quantitative estimate of drug-likeness (QED) is 0.844. The first-order valence-corrected chi connectivity index (χ1v) is 6.62. The normalized spacial score (nSPS) is 11.8. The van der Waals surface area contributed by atoms with Crippen LogP contribution in [0.2, 0.25) is 0 Å². The average molecular weight is 332 g/mol. The summed E-state index contributed by atoms with van der Waals surface area (Å²) in [5, 5.41) is 2.54. The fraction of sp³-hybridized carbons (Fsp3) is 0.385. The van der Waals surface area contributed by atoms with Crippen molar-refractivity contribution in [2.75, 3.05) is 7.11 Å². The fourth-order valence-electron chi connectivity index (χ4n) is 1.59. The Morgan fingerprint density at radius 1 is 1.47 bits per heavy atom. The monoisotopic (exact) mass is 331 g/mol. The molecule has 4 nitrogen and oxygen atoms in total. The van der Waals surface area contributed by atoms with Gasteiger partial charge in [-0.1, -0.05) is 13.3 Å². The molecule has 0 bridgehead atoms. The molecule has 0 aliphatic rings. The van der Waals surface area contributed by atoms with Gasteiger partial charge in [0.05, 0.1) is 12.7 Å². The second kappa shape index (κ2) is 7.23. The summed E-state index contributed by atoms with van der Waals surface area (Å²) in [7, 11) is 1.26. The van der Waals surface area contributed by atoms with Gasteiger partial charge in [0.15, 0.2) is 0 Å². The maximum Gasteiger partial charge on any atom is 0.328 e. The van der Waals surface area contributed by atoms with E-state index in [0.717, 1.165) is 6.07 Å². The third-order valence-electron chi connectivity index (χ3n) is 2.54. The smallest absolute Gasteiger partial charge is 0.328 e. The van der Waals surface area contributed by atoms with Crippen molar-refractivity contribution in [2.45, 2.75) is 25.8 Å². The molecule has 1 amide bonds. The first-order chi connectivity index (χ1) is 8.99. The standard InChI is InChI=1S/C13H15BrFNO3/c1-3-4-11(13(18)19-2)16-12(17)9-7-8(15)5-6-10(9)14/h5-7,11H,3-4H2,1-2H3,(H,16,17)/t11-/m0/s1. The number of hydrogen-bond acceptors (Lipinski definition) is 3. The molecule has 0 saturated carbocycles. The van der Waals surface area contributed by atoms with E-state index in [-0.39, 0.29) is 5.56 Å². The molecule has 19 heavy (non-hydrogen) atoms. The number of benzene rings is 1. The Bertz CT molecular complexity index is 479. The van der Waals surface area contributed by atoms with Crippen molar-refractivity contribution in [3.05, 3.63) is 34.1 Å². The number of carbonyl (C=O) groups excluding carboxylic acids is 2. The fourth-order valence-corrected chi connectivity index (χ4v) is 2.01. The topological polar surface area (TPSA) is 55.4 Å². The van der Waals surface area contributed by atoms with E-state index in [9.17, 15) is 14.0 Å². The Morgan fingerprint density at radius 3 is 2.74 bits per heavy atom. The minimum Gasteiger partial charge on any atom is -0.467 e. The molecule has 1 rings (SSSR count). The van der Waals surface area contributed by atoms with Gasteiger partial charge in [0.2, 0.25) is 0 Å². The van der Waals surface area contributed by atoms with Crippen molar-refractivity contribution in [1.82, 2.24) is 5.32 Å². The Balaban J connectivity index is 2.87. The van der Waals surface area contributed by atoms with E-state index in [1.165, 1.54) is 19.2 Å². The highest BCUT2D eigenvalue weighted by molar-refractivity contribution is 9.10. The molecule has 0 radical (unpaired) electrons. The van der Waals surface area contributed by atoms with Gasteiger partial charge in [-0.2, -0.15) is 0 Å². The number of nitrogens with one attached hydrogen (secondary N) is 1. The number of halogens is 2. The van der Waals surface area contributed by atoms with Crippen LogP contribution in [0.4, 0.5) is 4.39 Å². The van der Waals surface area contributed by atoms with Crippen LogP contribution in [0.5, 0.6) is 0 Å². The number of rotatable bonds is 5. The minimum atomic E-state index is -0.724. The number of hydrogen-bond donors (Lipinski definition) is 1. The van der Waals surface area contributed by atoms with Crippen molar-refractivity contribution in [3.63, 3.8) is 0 Å². The first kappa shape index (κ1) is 15.6. The van der Waals surface area contributed by atoms with E-state index < -0.39 is 23.7 Å². The van der Waals surface area contributed by atoms with E-state index in [0.29, 0.717) is 17.3 Å². The lowest BCUT2D eigenvalue weighted by Gasteiger charge is -2.16. The number of ether oxygens (including phenoxy) is 1. The first-order valence-electron chi connectivity index (χ1n) is 5.83. The molecule has 0 spiro atoms. The summed E-state index contributed by atoms with van der Waals surface area (Å²) in [6.07, 6.45) is 1.18. The molecule has 1 aromatic rings. The molecule has 0 fully saturated rings. The number of methoxy groups -OCH3 is 1. The van der Waals surface area contributed by atoms with Crippen LogP contribution in [0.3, 0.4) is 0 Å². The van der Waals surface area contributed by atoms with Gasteiger partial charge in [-0.15, -0.1) is 0 Å². The second-order valence-corrected chi connectivity index (χ2v) is 4.82.